The van der Waals surface area contributed by atoms with Crippen molar-refractivity contribution < 1.29 is 9.53 Å². The summed E-state index contributed by atoms with van der Waals surface area (Å²) in [6, 6.07) is 9.68. The Kier molecular flexibility index (Phi) is 7.91. The molecule has 0 radical (unpaired) electrons. The number of pyridine rings is 1. The van der Waals surface area contributed by atoms with Crippen molar-refractivity contribution in [2.45, 2.75) is 17.4 Å². The molecule has 1 aromatic heterocycles. The molecular formula is C18H17Cl3N6O2. The Bertz CT molecular complexity index is 940. The van der Waals surface area contributed by atoms with Gasteiger partial charge in [0, 0.05) is 16.8 Å². The zero-order valence-corrected chi connectivity index (χ0v) is 17.7. The molecule has 1 heterocycles. The van der Waals surface area contributed by atoms with Crippen LogP contribution in [0.3, 0.4) is 0 Å². The van der Waals surface area contributed by atoms with E-state index in [2.05, 4.69) is 25.9 Å². The topological polar surface area (TPSA) is 111 Å². The van der Waals surface area contributed by atoms with E-state index in [9.17, 15) is 4.79 Å². The van der Waals surface area contributed by atoms with Gasteiger partial charge < -0.3 is 15.4 Å². The van der Waals surface area contributed by atoms with Crippen molar-refractivity contribution in [3.8, 4) is 12.1 Å². The van der Waals surface area contributed by atoms with Crippen LogP contribution in [0.5, 0.6) is 5.88 Å². The van der Waals surface area contributed by atoms with Crippen LogP contribution in [0.25, 0.3) is 0 Å². The van der Waals surface area contributed by atoms with Crippen molar-refractivity contribution in [2.75, 3.05) is 12.4 Å². The Labute approximate surface area is 182 Å². The number of carbonyl (C=O) groups excluding carboxylic acids is 1. The molecule has 0 aliphatic heterocycles. The molecule has 1 aromatic carbocycles. The van der Waals surface area contributed by atoms with Gasteiger partial charge in [0.1, 0.15) is 5.69 Å². The minimum absolute atomic E-state index is 0.0253. The van der Waals surface area contributed by atoms with Crippen LogP contribution in [0.1, 0.15) is 17.3 Å². The zero-order valence-electron chi connectivity index (χ0n) is 15.4. The van der Waals surface area contributed by atoms with Gasteiger partial charge in [0.05, 0.1) is 7.11 Å². The van der Waals surface area contributed by atoms with Gasteiger partial charge in [-0.2, -0.15) is 5.26 Å². The average molecular weight is 456 g/mol. The molecule has 3 N–H and O–H groups in total. The monoisotopic (exact) mass is 454 g/mol. The number of nitrogens with zero attached hydrogens (tertiary/aromatic N) is 3. The molecule has 8 nitrogen and oxygen atoms in total. The molecule has 0 aliphatic carbocycles. The first kappa shape index (κ1) is 22.6. The first-order chi connectivity index (χ1) is 13.7. The second-order valence-corrected chi connectivity index (χ2v) is 7.94. The molecule has 0 saturated carbocycles. The second kappa shape index (κ2) is 10.2. The van der Waals surface area contributed by atoms with Gasteiger partial charge in [-0.1, -0.05) is 40.9 Å². The van der Waals surface area contributed by atoms with Gasteiger partial charge in [-0.3, -0.25) is 10.1 Å². The number of amides is 1. The SMILES string of the molecule is COc1ncccc1NC(=NC(NC(=O)c1cccc(Cl)c1)C(C)(Cl)Cl)NC#N. The predicted octanol–water partition coefficient (Wildman–Crippen LogP) is 3.53. The molecule has 0 spiro atoms. The van der Waals surface area contributed by atoms with Crippen molar-refractivity contribution in [1.82, 2.24) is 15.6 Å². The number of nitriles is 1. The normalized spacial score (nSPS) is 12.5. The van der Waals surface area contributed by atoms with E-state index >= 15 is 0 Å². The molecule has 1 atom stereocenters. The lowest BCUT2D eigenvalue weighted by Crippen LogP contribution is -2.45. The van der Waals surface area contributed by atoms with Crippen LogP contribution in [-0.2, 0) is 0 Å². The maximum absolute atomic E-state index is 12.6. The number of carbonyl (C=O) groups is 1. The van der Waals surface area contributed by atoms with Gasteiger partial charge in [-0.15, -0.1) is 0 Å². The highest BCUT2D eigenvalue weighted by molar-refractivity contribution is 6.48. The molecule has 1 amide bonds. The summed E-state index contributed by atoms with van der Waals surface area (Å²) in [6.07, 6.45) is 2.17. The van der Waals surface area contributed by atoms with E-state index in [0.29, 0.717) is 16.3 Å². The van der Waals surface area contributed by atoms with E-state index in [4.69, 9.17) is 44.8 Å². The van der Waals surface area contributed by atoms with E-state index in [1.165, 1.54) is 20.1 Å². The minimum atomic E-state index is -1.50. The highest BCUT2D eigenvalue weighted by Crippen LogP contribution is 2.26. The zero-order chi connectivity index (χ0) is 21.4. The summed E-state index contributed by atoms with van der Waals surface area (Å²) < 4.78 is 3.65. The Morgan fingerprint density at radius 1 is 1.34 bits per heavy atom. The fourth-order valence-corrected chi connectivity index (χ4v) is 2.56. The molecule has 0 fully saturated rings. The van der Waals surface area contributed by atoms with E-state index in [0.717, 1.165) is 0 Å². The fourth-order valence-electron chi connectivity index (χ4n) is 2.16. The predicted molar refractivity (Wildman–Crippen MR) is 113 cm³/mol. The third-order valence-corrected chi connectivity index (χ3v) is 4.13. The van der Waals surface area contributed by atoms with Gasteiger partial charge in [0.2, 0.25) is 11.8 Å². The van der Waals surface area contributed by atoms with Crippen LogP contribution < -0.4 is 20.7 Å². The molecule has 2 rings (SSSR count). The molecule has 152 valence electrons. The van der Waals surface area contributed by atoms with Gasteiger partial charge in [-0.05, 0) is 37.3 Å². The van der Waals surface area contributed by atoms with Crippen LogP contribution in [-0.4, -0.2) is 34.5 Å². The van der Waals surface area contributed by atoms with E-state index in [-0.39, 0.29) is 11.8 Å². The number of hydrogen-bond acceptors (Lipinski definition) is 5. The molecule has 0 aliphatic rings. The van der Waals surface area contributed by atoms with Crippen molar-refractivity contribution in [3.05, 3.63) is 53.2 Å². The van der Waals surface area contributed by atoms with E-state index in [1.54, 1.807) is 42.7 Å². The lowest BCUT2D eigenvalue weighted by atomic mass is 10.2. The number of halogens is 3. The van der Waals surface area contributed by atoms with Crippen LogP contribution in [0.15, 0.2) is 47.6 Å². The molecule has 11 heteroatoms. The number of aliphatic imine (C=N–C) groups is 1. The van der Waals surface area contributed by atoms with Gasteiger partial charge >= 0.3 is 0 Å². The fraction of sp³-hybridized carbons (Fsp3) is 0.222. The van der Waals surface area contributed by atoms with Crippen LogP contribution in [0.4, 0.5) is 5.69 Å². The largest absolute Gasteiger partial charge is 0.480 e. The van der Waals surface area contributed by atoms with Crippen molar-refractivity contribution >= 4 is 52.4 Å². The maximum atomic E-state index is 12.6. The standard InChI is InChI=1S/C18H17Cl3N6O2/c1-18(20,21)16(26-14(28)11-5-3-6-12(19)9-11)27-17(24-10-22)25-13-7-4-8-23-15(13)29-2/h3-9,16H,1-2H3,(H,26,28)(H2,24,25,27). The lowest BCUT2D eigenvalue weighted by Gasteiger charge is -2.25. The Hall–Kier alpha value is -2.73. The Morgan fingerprint density at radius 2 is 2.10 bits per heavy atom. The first-order valence-corrected chi connectivity index (χ1v) is 9.31. The maximum Gasteiger partial charge on any atom is 0.253 e. The molecule has 2 aromatic rings. The lowest BCUT2D eigenvalue weighted by molar-refractivity contribution is 0.0935. The highest BCUT2D eigenvalue weighted by Gasteiger charge is 2.32. The Balaban J connectivity index is 2.32. The third-order valence-electron chi connectivity index (χ3n) is 3.48. The highest BCUT2D eigenvalue weighted by atomic mass is 35.5. The smallest absolute Gasteiger partial charge is 0.253 e. The summed E-state index contributed by atoms with van der Waals surface area (Å²) in [5, 5.41) is 17.3. The van der Waals surface area contributed by atoms with Crippen molar-refractivity contribution in [2.24, 2.45) is 4.99 Å². The molecule has 29 heavy (non-hydrogen) atoms. The summed E-state index contributed by atoms with van der Waals surface area (Å²) in [5.74, 6) is -0.245. The number of hydrogen-bond donors (Lipinski definition) is 3. The summed E-state index contributed by atoms with van der Waals surface area (Å²) in [6.45, 7) is 1.46. The molecule has 0 saturated heterocycles. The van der Waals surface area contributed by atoms with Crippen molar-refractivity contribution in [1.29, 1.82) is 5.26 Å². The number of ether oxygens (including phenoxy) is 1. The van der Waals surface area contributed by atoms with E-state index in [1.807, 2.05) is 0 Å². The van der Waals surface area contributed by atoms with Crippen LogP contribution >= 0.6 is 34.8 Å². The number of anilines is 1. The number of benzene rings is 1. The molecule has 0 bridgehead atoms. The number of alkyl halides is 2. The summed E-state index contributed by atoms with van der Waals surface area (Å²) >= 11 is 18.3. The third kappa shape index (κ3) is 6.68. The quantitative estimate of drug-likeness (QED) is 0.202. The van der Waals surface area contributed by atoms with Gasteiger partial charge in [-0.25, -0.2) is 9.98 Å². The summed E-state index contributed by atoms with van der Waals surface area (Å²) in [5.41, 5.74) is 0.731. The van der Waals surface area contributed by atoms with Crippen LogP contribution in [0, 0.1) is 11.5 Å². The average Bonchev–Trinajstić information content (AvgIpc) is 2.67. The number of aromatic nitrogens is 1. The molecule has 1 unspecified atom stereocenters. The summed E-state index contributed by atoms with van der Waals surface area (Å²) in [4.78, 5) is 20.9. The van der Waals surface area contributed by atoms with Gasteiger partial charge in [0.15, 0.2) is 16.7 Å². The number of nitrogens with one attached hydrogen (secondary N) is 3. The second-order valence-electron chi connectivity index (χ2n) is 5.74. The number of methoxy groups -OCH3 is 1. The summed E-state index contributed by atoms with van der Waals surface area (Å²) in [7, 11) is 1.45. The van der Waals surface area contributed by atoms with Gasteiger partial charge in [0.25, 0.3) is 5.91 Å². The molecular weight excluding hydrogens is 439 g/mol. The van der Waals surface area contributed by atoms with E-state index < -0.39 is 16.4 Å². The van der Waals surface area contributed by atoms with Crippen molar-refractivity contribution in [3.63, 3.8) is 0 Å². The minimum Gasteiger partial charge on any atom is -0.480 e. The number of guanidine groups is 1. The first-order valence-electron chi connectivity index (χ1n) is 8.17. The Morgan fingerprint density at radius 3 is 2.72 bits per heavy atom. The number of rotatable bonds is 6. The van der Waals surface area contributed by atoms with Crippen LogP contribution in [0.2, 0.25) is 5.02 Å².